The molecular formula is C27H32ClFN2O3. The molecule has 0 aromatic heterocycles. The molecule has 2 fully saturated rings. The van der Waals surface area contributed by atoms with Crippen molar-refractivity contribution in [2.45, 2.75) is 71.0 Å². The van der Waals surface area contributed by atoms with E-state index in [1.165, 1.54) is 16.9 Å². The molecule has 5 nitrogen and oxygen atoms in total. The number of hydrogen-bond donors (Lipinski definition) is 0. The van der Waals surface area contributed by atoms with Crippen LogP contribution in [0.1, 0.15) is 68.7 Å². The largest absolute Gasteiger partial charge is 0.491 e. The molecule has 1 aliphatic carbocycles. The lowest BCUT2D eigenvalue weighted by atomic mass is 9.88. The van der Waals surface area contributed by atoms with Crippen molar-refractivity contribution in [1.82, 2.24) is 9.80 Å². The molecule has 1 heterocycles. The van der Waals surface area contributed by atoms with Gasteiger partial charge in [-0.3, -0.25) is 19.4 Å². The van der Waals surface area contributed by atoms with Gasteiger partial charge in [-0.05, 0) is 61.1 Å². The first kappa shape index (κ1) is 24.7. The molecule has 1 saturated carbocycles. The van der Waals surface area contributed by atoms with Crippen molar-refractivity contribution < 1.29 is 18.7 Å². The van der Waals surface area contributed by atoms with Crippen molar-refractivity contribution >= 4 is 23.4 Å². The molecule has 0 radical (unpaired) electrons. The summed E-state index contributed by atoms with van der Waals surface area (Å²) in [5, 5.41) is 0.146. The number of benzene rings is 2. The third-order valence-electron chi connectivity index (χ3n) is 7.07. The van der Waals surface area contributed by atoms with Gasteiger partial charge in [0.25, 0.3) is 0 Å². The van der Waals surface area contributed by atoms with Crippen LogP contribution in [0.5, 0.6) is 5.75 Å². The second-order valence-corrected chi connectivity index (χ2v) is 9.60. The van der Waals surface area contributed by atoms with Crippen LogP contribution in [0.3, 0.4) is 0 Å². The maximum absolute atomic E-state index is 14.1. The van der Waals surface area contributed by atoms with Crippen LogP contribution in [0.15, 0.2) is 36.4 Å². The van der Waals surface area contributed by atoms with E-state index in [4.69, 9.17) is 16.3 Å². The van der Waals surface area contributed by atoms with Crippen LogP contribution in [-0.4, -0.2) is 40.8 Å². The Morgan fingerprint density at radius 1 is 1.15 bits per heavy atom. The molecule has 7 heteroatoms. The van der Waals surface area contributed by atoms with Crippen LogP contribution in [-0.2, 0) is 22.6 Å². The van der Waals surface area contributed by atoms with Crippen LogP contribution in [0, 0.1) is 5.82 Å². The van der Waals surface area contributed by atoms with Gasteiger partial charge in [0.2, 0.25) is 11.8 Å². The highest BCUT2D eigenvalue weighted by molar-refractivity contribution is 6.30. The highest BCUT2D eigenvalue weighted by Crippen LogP contribution is 2.35. The maximum atomic E-state index is 14.1. The van der Waals surface area contributed by atoms with Crippen molar-refractivity contribution in [2.75, 3.05) is 13.2 Å². The number of halogens is 2. The third kappa shape index (κ3) is 5.44. The van der Waals surface area contributed by atoms with E-state index in [0.717, 1.165) is 42.7 Å². The summed E-state index contributed by atoms with van der Waals surface area (Å²) in [7, 11) is 0. The summed E-state index contributed by atoms with van der Waals surface area (Å²) in [6, 6.07) is 11.8. The number of carbonyl (C=O) groups excluding carboxylic acids is 2. The molecule has 34 heavy (non-hydrogen) atoms. The van der Waals surface area contributed by atoms with Gasteiger partial charge in [0, 0.05) is 31.5 Å². The van der Waals surface area contributed by atoms with E-state index in [0.29, 0.717) is 18.9 Å². The lowest BCUT2D eigenvalue weighted by Gasteiger charge is -2.41. The van der Waals surface area contributed by atoms with Gasteiger partial charge in [0.15, 0.2) is 0 Å². The van der Waals surface area contributed by atoms with Gasteiger partial charge in [0.1, 0.15) is 18.2 Å². The predicted molar refractivity (Wildman–Crippen MR) is 130 cm³/mol. The summed E-state index contributed by atoms with van der Waals surface area (Å²) in [5.74, 6) is 0.163. The zero-order chi connectivity index (χ0) is 24.2. The number of hydrogen-bond acceptors (Lipinski definition) is 4. The third-order valence-corrected chi connectivity index (χ3v) is 7.37. The second kappa shape index (κ2) is 10.9. The standard InChI is InChI=1S/C27H32ClFN2O3/c1-3-20-15-19(7-10-25(20)34-14-13-30-26(32)11-12-27(30)33)17-31(22-5-4-6-22)18(2)21-8-9-23(28)24(29)16-21/h7-10,15-16,18,22H,3-6,11-14,17H2,1-2H3. The van der Waals surface area contributed by atoms with E-state index in [2.05, 4.69) is 30.9 Å². The number of ether oxygens (including phenoxy) is 1. The number of likely N-dealkylation sites (tertiary alicyclic amines) is 1. The van der Waals surface area contributed by atoms with Crippen LogP contribution in [0.25, 0.3) is 0 Å². The van der Waals surface area contributed by atoms with Gasteiger partial charge >= 0.3 is 0 Å². The number of carbonyl (C=O) groups is 2. The minimum Gasteiger partial charge on any atom is -0.491 e. The Bertz CT molecular complexity index is 1040. The Kier molecular flexibility index (Phi) is 7.89. The monoisotopic (exact) mass is 486 g/mol. The molecule has 1 aliphatic heterocycles. The zero-order valence-corrected chi connectivity index (χ0v) is 20.6. The van der Waals surface area contributed by atoms with Gasteiger partial charge in [-0.25, -0.2) is 4.39 Å². The minimum atomic E-state index is -0.383. The van der Waals surface area contributed by atoms with Gasteiger partial charge in [-0.2, -0.15) is 0 Å². The van der Waals surface area contributed by atoms with Gasteiger partial charge in [-0.1, -0.05) is 43.1 Å². The van der Waals surface area contributed by atoms with E-state index in [1.807, 2.05) is 12.1 Å². The summed E-state index contributed by atoms with van der Waals surface area (Å²) in [6.45, 7) is 5.55. The zero-order valence-electron chi connectivity index (χ0n) is 19.9. The molecule has 2 aliphatic rings. The highest BCUT2D eigenvalue weighted by atomic mass is 35.5. The summed E-state index contributed by atoms with van der Waals surface area (Å²) in [6.07, 6.45) is 4.93. The fourth-order valence-corrected chi connectivity index (χ4v) is 4.86. The van der Waals surface area contributed by atoms with Gasteiger partial charge in [0.05, 0.1) is 11.6 Å². The van der Waals surface area contributed by atoms with Gasteiger partial charge < -0.3 is 4.74 Å². The fraction of sp³-hybridized carbons (Fsp3) is 0.481. The maximum Gasteiger partial charge on any atom is 0.229 e. The molecule has 0 spiro atoms. The lowest BCUT2D eigenvalue weighted by molar-refractivity contribution is -0.138. The van der Waals surface area contributed by atoms with Crippen LogP contribution in [0.4, 0.5) is 4.39 Å². The van der Waals surface area contributed by atoms with Crippen molar-refractivity contribution in [3.8, 4) is 5.75 Å². The van der Waals surface area contributed by atoms with Gasteiger partial charge in [-0.15, -0.1) is 0 Å². The molecule has 1 unspecified atom stereocenters. The molecule has 2 aromatic rings. The Morgan fingerprint density at radius 2 is 1.88 bits per heavy atom. The molecule has 0 bridgehead atoms. The molecule has 182 valence electrons. The fourth-order valence-electron chi connectivity index (χ4n) is 4.74. The molecule has 4 rings (SSSR count). The van der Waals surface area contributed by atoms with E-state index < -0.39 is 0 Å². The normalized spacial score (nSPS) is 17.4. The first-order valence-corrected chi connectivity index (χ1v) is 12.5. The summed E-state index contributed by atoms with van der Waals surface area (Å²) in [5.41, 5.74) is 3.20. The molecule has 2 aromatic carbocycles. The SMILES string of the molecule is CCc1cc(CN(C2CCC2)C(C)c2ccc(Cl)c(F)c2)ccc1OCCN1C(=O)CCC1=O. The lowest BCUT2D eigenvalue weighted by Crippen LogP contribution is -2.41. The average Bonchev–Trinajstić information content (AvgIpc) is 3.11. The Morgan fingerprint density at radius 3 is 2.50 bits per heavy atom. The molecule has 0 N–H and O–H groups in total. The van der Waals surface area contributed by atoms with E-state index in [-0.39, 0.29) is 41.8 Å². The Labute approximate surface area is 205 Å². The second-order valence-electron chi connectivity index (χ2n) is 9.19. The number of rotatable bonds is 10. The smallest absolute Gasteiger partial charge is 0.229 e. The molecule has 2 amide bonds. The first-order chi connectivity index (χ1) is 16.4. The van der Waals surface area contributed by atoms with Crippen LogP contribution < -0.4 is 4.74 Å². The van der Waals surface area contributed by atoms with Crippen molar-refractivity contribution in [3.05, 3.63) is 63.9 Å². The molecule has 1 atom stereocenters. The Balaban J connectivity index is 1.45. The quantitative estimate of drug-likeness (QED) is 0.405. The van der Waals surface area contributed by atoms with Crippen molar-refractivity contribution in [3.63, 3.8) is 0 Å². The summed E-state index contributed by atoms with van der Waals surface area (Å²) < 4.78 is 20.1. The summed E-state index contributed by atoms with van der Waals surface area (Å²) in [4.78, 5) is 27.3. The minimum absolute atomic E-state index is 0.0635. The van der Waals surface area contributed by atoms with E-state index in [9.17, 15) is 14.0 Å². The Hall–Kier alpha value is -2.44. The van der Waals surface area contributed by atoms with Crippen molar-refractivity contribution in [2.24, 2.45) is 0 Å². The van der Waals surface area contributed by atoms with E-state index >= 15 is 0 Å². The number of aryl methyl sites for hydroxylation is 1. The number of amides is 2. The van der Waals surface area contributed by atoms with Crippen LogP contribution in [0.2, 0.25) is 5.02 Å². The predicted octanol–water partition coefficient (Wildman–Crippen LogP) is 5.69. The first-order valence-electron chi connectivity index (χ1n) is 12.2. The average molecular weight is 487 g/mol. The van der Waals surface area contributed by atoms with Crippen LogP contribution >= 0.6 is 11.6 Å². The molecule has 1 saturated heterocycles. The topological polar surface area (TPSA) is 49.9 Å². The van der Waals surface area contributed by atoms with E-state index in [1.54, 1.807) is 12.1 Å². The number of nitrogens with zero attached hydrogens (tertiary/aromatic N) is 2. The number of imide groups is 1. The van der Waals surface area contributed by atoms with Crippen molar-refractivity contribution in [1.29, 1.82) is 0 Å². The molecular weight excluding hydrogens is 455 g/mol. The summed E-state index contributed by atoms with van der Waals surface area (Å²) >= 11 is 5.89. The highest BCUT2D eigenvalue weighted by Gasteiger charge is 2.30.